The van der Waals surface area contributed by atoms with Crippen LogP contribution in [0.5, 0.6) is 5.75 Å². The van der Waals surface area contributed by atoms with Crippen LogP contribution in [0.2, 0.25) is 0 Å². The van der Waals surface area contributed by atoms with Gasteiger partial charge in [-0.2, -0.15) is 0 Å². The minimum atomic E-state index is -3.85. The average Bonchev–Trinajstić information content (AvgIpc) is 2.36. The lowest BCUT2D eigenvalue weighted by Crippen LogP contribution is -2.42. The molecule has 0 amide bonds. The Morgan fingerprint density at radius 3 is 2.95 bits per heavy atom. The van der Waals surface area contributed by atoms with Gasteiger partial charge < -0.3 is 14.4 Å². The SMILES string of the molecule is CN1CCOC(COc2ccc(Br)cc2S(=O)(=O)Cl)C1. The average molecular weight is 385 g/mol. The minimum Gasteiger partial charge on any atom is -0.489 e. The highest BCUT2D eigenvalue weighted by atomic mass is 79.9. The van der Waals surface area contributed by atoms with E-state index in [1.807, 2.05) is 7.05 Å². The molecule has 1 unspecified atom stereocenters. The maximum atomic E-state index is 11.5. The zero-order valence-corrected chi connectivity index (χ0v) is 14.0. The summed E-state index contributed by atoms with van der Waals surface area (Å²) in [6.45, 7) is 2.56. The molecule has 0 aromatic heterocycles. The summed E-state index contributed by atoms with van der Waals surface area (Å²) in [6, 6.07) is 4.70. The monoisotopic (exact) mass is 383 g/mol. The number of nitrogens with zero attached hydrogens (tertiary/aromatic N) is 1. The van der Waals surface area contributed by atoms with Gasteiger partial charge >= 0.3 is 0 Å². The fourth-order valence-electron chi connectivity index (χ4n) is 1.94. The topological polar surface area (TPSA) is 55.8 Å². The fourth-order valence-corrected chi connectivity index (χ4v) is 3.45. The molecule has 5 nitrogen and oxygen atoms in total. The third-order valence-electron chi connectivity index (χ3n) is 2.94. The largest absolute Gasteiger partial charge is 0.489 e. The van der Waals surface area contributed by atoms with E-state index in [0.29, 0.717) is 11.1 Å². The predicted molar refractivity (Wildman–Crippen MR) is 79.9 cm³/mol. The molecule has 8 heteroatoms. The van der Waals surface area contributed by atoms with Crippen LogP contribution in [0.1, 0.15) is 0 Å². The second-order valence-electron chi connectivity index (χ2n) is 4.59. The number of hydrogen-bond donors (Lipinski definition) is 0. The Kier molecular flexibility index (Phi) is 5.30. The molecule has 1 aromatic rings. The van der Waals surface area contributed by atoms with Crippen LogP contribution in [0.3, 0.4) is 0 Å². The van der Waals surface area contributed by atoms with Crippen LogP contribution in [0.4, 0.5) is 0 Å². The third kappa shape index (κ3) is 4.33. The molecule has 112 valence electrons. The number of rotatable bonds is 4. The summed E-state index contributed by atoms with van der Waals surface area (Å²) >= 11 is 3.21. The van der Waals surface area contributed by atoms with Crippen molar-refractivity contribution in [2.75, 3.05) is 33.4 Å². The number of morpholine rings is 1. The van der Waals surface area contributed by atoms with Crippen molar-refractivity contribution in [2.45, 2.75) is 11.0 Å². The lowest BCUT2D eigenvalue weighted by Gasteiger charge is -2.29. The maximum absolute atomic E-state index is 11.5. The molecule has 1 fully saturated rings. The minimum absolute atomic E-state index is 0.0438. The van der Waals surface area contributed by atoms with Crippen LogP contribution >= 0.6 is 26.6 Å². The first-order chi connectivity index (χ1) is 9.36. The number of benzene rings is 1. The summed E-state index contributed by atoms with van der Waals surface area (Å²) < 4.78 is 34.8. The normalized spacial score (nSPS) is 20.9. The fraction of sp³-hybridized carbons (Fsp3) is 0.500. The second-order valence-corrected chi connectivity index (χ2v) is 8.04. The Hall–Kier alpha value is -0.340. The van der Waals surface area contributed by atoms with Crippen LogP contribution in [0.15, 0.2) is 27.6 Å². The van der Waals surface area contributed by atoms with Gasteiger partial charge in [-0.05, 0) is 25.2 Å². The predicted octanol–water partition coefficient (Wildman–Crippen LogP) is 2.09. The van der Waals surface area contributed by atoms with Gasteiger partial charge in [0.05, 0.1) is 6.61 Å². The lowest BCUT2D eigenvalue weighted by molar-refractivity contribution is -0.0407. The summed E-state index contributed by atoms with van der Waals surface area (Å²) in [5, 5.41) is 0. The van der Waals surface area contributed by atoms with E-state index >= 15 is 0 Å². The highest BCUT2D eigenvalue weighted by molar-refractivity contribution is 9.10. The van der Waals surface area contributed by atoms with Crippen molar-refractivity contribution >= 4 is 35.7 Å². The molecule has 0 N–H and O–H groups in total. The molecule has 1 aliphatic heterocycles. The standard InChI is InChI=1S/C12H15BrClNO4S/c1-15-4-5-18-10(7-15)8-19-11-3-2-9(13)6-12(11)20(14,16)17/h2-3,6,10H,4-5,7-8H2,1H3. The third-order valence-corrected chi connectivity index (χ3v) is 4.77. The van der Waals surface area contributed by atoms with Crippen molar-refractivity contribution in [1.29, 1.82) is 0 Å². The molecule has 20 heavy (non-hydrogen) atoms. The molecule has 1 aliphatic rings. The Labute approximate surface area is 131 Å². The molecular weight excluding hydrogens is 370 g/mol. The molecule has 1 aromatic carbocycles. The van der Waals surface area contributed by atoms with E-state index in [4.69, 9.17) is 20.2 Å². The molecular formula is C12H15BrClNO4S. The van der Waals surface area contributed by atoms with E-state index < -0.39 is 9.05 Å². The van der Waals surface area contributed by atoms with E-state index in [1.165, 1.54) is 6.07 Å². The van der Waals surface area contributed by atoms with E-state index in [2.05, 4.69) is 20.8 Å². The summed E-state index contributed by atoms with van der Waals surface area (Å²) in [5.74, 6) is 0.236. The summed E-state index contributed by atoms with van der Waals surface area (Å²) in [4.78, 5) is 2.09. The van der Waals surface area contributed by atoms with Gasteiger partial charge in [0.15, 0.2) is 0 Å². The van der Waals surface area contributed by atoms with Crippen molar-refractivity contribution in [3.05, 3.63) is 22.7 Å². The Balaban J connectivity index is 2.09. The van der Waals surface area contributed by atoms with Gasteiger partial charge in [-0.1, -0.05) is 15.9 Å². The molecule has 2 rings (SSSR count). The number of hydrogen-bond acceptors (Lipinski definition) is 5. The molecule has 0 spiro atoms. The smallest absolute Gasteiger partial charge is 0.265 e. The van der Waals surface area contributed by atoms with E-state index in [0.717, 1.165) is 13.1 Å². The van der Waals surface area contributed by atoms with Crippen LogP contribution in [0.25, 0.3) is 0 Å². The van der Waals surface area contributed by atoms with Crippen LogP contribution in [-0.2, 0) is 13.8 Å². The molecule has 1 heterocycles. The van der Waals surface area contributed by atoms with Gasteiger partial charge in [0.25, 0.3) is 9.05 Å². The van der Waals surface area contributed by atoms with Gasteiger partial charge in [0, 0.05) is 28.2 Å². The first-order valence-corrected chi connectivity index (χ1v) is 9.13. The van der Waals surface area contributed by atoms with Gasteiger partial charge in [0.2, 0.25) is 0 Å². The molecule has 0 saturated carbocycles. The summed E-state index contributed by atoms with van der Waals surface area (Å²) in [6.07, 6.45) is -0.0803. The van der Waals surface area contributed by atoms with Gasteiger partial charge in [-0.3, -0.25) is 0 Å². The quantitative estimate of drug-likeness (QED) is 0.744. The highest BCUT2D eigenvalue weighted by Gasteiger charge is 2.21. The Bertz CT molecular complexity index is 581. The van der Waals surface area contributed by atoms with E-state index in [-0.39, 0.29) is 23.4 Å². The van der Waals surface area contributed by atoms with Crippen molar-refractivity contribution in [2.24, 2.45) is 0 Å². The van der Waals surface area contributed by atoms with Gasteiger partial charge in [-0.25, -0.2) is 8.42 Å². The number of ether oxygens (including phenoxy) is 2. The van der Waals surface area contributed by atoms with Crippen molar-refractivity contribution < 1.29 is 17.9 Å². The first kappa shape index (κ1) is 16.0. The summed E-state index contributed by atoms with van der Waals surface area (Å²) in [7, 11) is 3.56. The highest BCUT2D eigenvalue weighted by Crippen LogP contribution is 2.30. The van der Waals surface area contributed by atoms with E-state index in [9.17, 15) is 8.42 Å². The van der Waals surface area contributed by atoms with Crippen LogP contribution in [-0.4, -0.2) is 52.8 Å². The molecule has 1 atom stereocenters. The zero-order valence-electron chi connectivity index (χ0n) is 10.9. The van der Waals surface area contributed by atoms with Gasteiger partial charge in [-0.15, -0.1) is 0 Å². The van der Waals surface area contributed by atoms with Gasteiger partial charge in [0.1, 0.15) is 23.4 Å². The summed E-state index contributed by atoms with van der Waals surface area (Å²) in [5.41, 5.74) is 0. The number of halogens is 2. The number of likely N-dealkylation sites (N-methyl/N-ethyl adjacent to an activating group) is 1. The molecule has 0 aliphatic carbocycles. The molecule has 0 radical (unpaired) electrons. The molecule has 1 saturated heterocycles. The van der Waals surface area contributed by atoms with Crippen LogP contribution in [0, 0.1) is 0 Å². The second kappa shape index (κ2) is 6.62. The van der Waals surface area contributed by atoms with Crippen molar-refractivity contribution in [3.8, 4) is 5.75 Å². The van der Waals surface area contributed by atoms with Crippen molar-refractivity contribution in [1.82, 2.24) is 4.90 Å². The van der Waals surface area contributed by atoms with E-state index in [1.54, 1.807) is 12.1 Å². The lowest BCUT2D eigenvalue weighted by atomic mass is 10.3. The van der Waals surface area contributed by atoms with Crippen LogP contribution < -0.4 is 4.74 Å². The first-order valence-electron chi connectivity index (χ1n) is 6.03. The Morgan fingerprint density at radius 1 is 1.55 bits per heavy atom. The maximum Gasteiger partial charge on any atom is 0.265 e. The van der Waals surface area contributed by atoms with Crippen molar-refractivity contribution in [3.63, 3.8) is 0 Å². The molecule has 0 bridgehead atoms. The Morgan fingerprint density at radius 2 is 2.30 bits per heavy atom. The zero-order chi connectivity index (χ0) is 14.8.